The Balaban J connectivity index is 1.44. The van der Waals surface area contributed by atoms with Crippen LogP contribution in [0, 0.1) is 0 Å². The molecule has 1 aromatic heterocycles. The minimum absolute atomic E-state index is 0.0153. The average Bonchev–Trinajstić information content (AvgIpc) is 2.82. The maximum Gasteiger partial charge on any atom is 0.251 e. The summed E-state index contributed by atoms with van der Waals surface area (Å²) in [7, 11) is 0. The van der Waals surface area contributed by atoms with Gasteiger partial charge in [0.2, 0.25) is 0 Å². The molecule has 0 bridgehead atoms. The topological polar surface area (TPSA) is 46.9 Å². The predicted octanol–water partition coefficient (Wildman–Crippen LogP) is 4.38. The molecule has 25 heavy (non-hydrogen) atoms. The van der Waals surface area contributed by atoms with Crippen molar-refractivity contribution in [1.29, 1.82) is 0 Å². The Morgan fingerprint density at radius 3 is 2.92 bits per heavy atom. The van der Waals surface area contributed by atoms with Crippen LogP contribution in [0.1, 0.15) is 67.5 Å². The van der Waals surface area contributed by atoms with Gasteiger partial charge in [0.1, 0.15) is 5.82 Å². The van der Waals surface area contributed by atoms with E-state index in [1.165, 1.54) is 61.9 Å². The van der Waals surface area contributed by atoms with Gasteiger partial charge in [0.05, 0.1) is 11.0 Å². The SMILES string of the molecule is O=C(NCCC1=CCCCC1)c1ccc2c(c1)nc1n2CCCCC1. The van der Waals surface area contributed by atoms with Crippen LogP contribution in [0.25, 0.3) is 11.0 Å². The highest BCUT2D eigenvalue weighted by Gasteiger charge is 2.15. The molecule has 2 aromatic rings. The molecular weight excluding hydrogens is 310 g/mol. The standard InChI is InChI=1S/C21H27N3O/c25-21(22-13-12-16-7-3-1-4-8-16)17-10-11-19-18(15-17)23-20-9-5-2-6-14-24(19)20/h7,10-11,15H,1-6,8-9,12-14H2,(H,22,25). The molecule has 2 heterocycles. The third kappa shape index (κ3) is 3.63. The summed E-state index contributed by atoms with van der Waals surface area (Å²) in [5, 5.41) is 3.07. The third-order valence-electron chi connectivity index (χ3n) is 5.49. The summed E-state index contributed by atoms with van der Waals surface area (Å²) >= 11 is 0. The fourth-order valence-corrected chi connectivity index (χ4v) is 4.06. The summed E-state index contributed by atoms with van der Waals surface area (Å²) in [5.74, 6) is 1.19. The molecule has 1 aromatic carbocycles. The molecule has 132 valence electrons. The van der Waals surface area contributed by atoms with Crippen molar-refractivity contribution >= 4 is 16.9 Å². The molecule has 0 unspecified atom stereocenters. The maximum absolute atomic E-state index is 12.5. The molecule has 0 fully saturated rings. The lowest BCUT2D eigenvalue weighted by molar-refractivity contribution is 0.0954. The van der Waals surface area contributed by atoms with Crippen molar-refractivity contribution in [3.8, 4) is 0 Å². The summed E-state index contributed by atoms with van der Waals surface area (Å²) in [6.07, 6.45) is 13.1. The first-order chi connectivity index (χ1) is 12.3. The number of aromatic nitrogens is 2. The van der Waals surface area contributed by atoms with Crippen molar-refractivity contribution in [3.05, 3.63) is 41.2 Å². The van der Waals surface area contributed by atoms with E-state index < -0.39 is 0 Å². The molecule has 1 N–H and O–H groups in total. The van der Waals surface area contributed by atoms with Gasteiger partial charge in [0, 0.05) is 25.1 Å². The minimum atomic E-state index is 0.0153. The number of rotatable bonds is 4. The Bertz CT molecular complexity index is 803. The van der Waals surface area contributed by atoms with Crippen LogP contribution in [0.2, 0.25) is 0 Å². The molecule has 0 atom stereocenters. The van der Waals surface area contributed by atoms with Gasteiger partial charge in [-0.2, -0.15) is 0 Å². The van der Waals surface area contributed by atoms with E-state index in [2.05, 4.69) is 22.0 Å². The normalized spacial score (nSPS) is 17.7. The lowest BCUT2D eigenvalue weighted by Crippen LogP contribution is -2.24. The number of imidazole rings is 1. The van der Waals surface area contributed by atoms with Crippen LogP contribution in [-0.4, -0.2) is 22.0 Å². The van der Waals surface area contributed by atoms with Crippen molar-refractivity contribution in [3.63, 3.8) is 0 Å². The van der Waals surface area contributed by atoms with Crippen molar-refractivity contribution < 1.29 is 4.79 Å². The van der Waals surface area contributed by atoms with Crippen LogP contribution in [0.15, 0.2) is 29.8 Å². The number of nitrogens with zero attached hydrogens (tertiary/aromatic N) is 2. The van der Waals surface area contributed by atoms with Gasteiger partial charge >= 0.3 is 0 Å². The Morgan fingerprint density at radius 2 is 2.04 bits per heavy atom. The van der Waals surface area contributed by atoms with E-state index in [-0.39, 0.29) is 5.91 Å². The molecule has 0 saturated carbocycles. The first-order valence-electron chi connectivity index (χ1n) is 9.76. The number of carbonyl (C=O) groups excluding carboxylic acids is 1. The fourth-order valence-electron chi connectivity index (χ4n) is 4.06. The molecule has 4 rings (SSSR count). The van der Waals surface area contributed by atoms with Crippen LogP contribution in [0.5, 0.6) is 0 Å². The second-order valence-corrected chi connectivity index (χ2v) is 7.31. The number of hydrogen-bond acceptors (Lipinski definition) is 2. The third-order valence-corrected chi connectivity index (χ3v) is 5.49. The quantitative estimate of drug-likeness (QED) is 0.842. The highest BCUT2D eigenvalue weighted by molar-refractivity contribution is 5.97. The number of carbonyl (C=O) groups is 1. The van der Waals surface area contributed by atoms with Crippen LogP contribution in [-0.2, 0) is 13.0 Å². The smallest absolute Gasteiger partial charge is 0.251 e. The number of nitrogens with one attached hydrogen (secondary N) is 1. The van der Waals surface area contributed by atoms with Crippen molar-refractivity contribution in [2.75, 3.05) is 6.54 Å². The lowest BCUT2D eigenvalue weighted by atomic mass is 9.97. The van der Waals surface area contributed by atoms with Crippen LogP contribution >= 0.6 is 0 Å². The van der Waals surface area contributed by atoms with Gasteiger partial charge in [-0.1, -0.05) is 18.1 Å². The van der Waals surface area contributed by atoms with Crippen LogP contribution in [0.4, 0.5) is 0 Å². The van der Waals surface area contributed by atoms with Crippen LogP contribution in [0.3, 0.4) is 0 Å². The van der Waals surface area contributed by atoms with Crippen molar-refractivity contribution in [2.24, 2.45) is 0 Å². The van der Waals surface area contributed by atoms with Gasteiger partial charge in [0.25, 0.3) is 5.91 Å². The largest absolute Gasteiger partial charge is 0.352 e. The fraction of sp³-hybridized carbons (Fsp3) is 0.524. The van der Waals surface area contributed by atoms with E-state index in [0.717, 1.165) is 37.0 Å². The second-order valence-electron chi connectivity index (χ2n) is 7.31. The number of amides is 1. The van der Waals surface area contributed by atoms with Crippen molar-refractivity contribution in [2.45, 2.75) is 64.3 Å². The summed E-state index contributed by atoms with van der Waals surface area (Å²) in [6.45, 7) is 1.77. The van der Waals surface area contributed by atoms with Gasteiger partial charge in [0.15, 0.2) is 0 Å². The van der Waals surface area contributed by atoms with E-state index in [4.69, 9.17) is 4.98 Å². The Hall–Kier alpha value is -2.10. The summed E-state index contributed by atoms with van der Waals surface area (Å²) < 4.78 is 2.33. The molecule has 0 radical (unpaired) electrons. The number of benzene rings is 1. The molecule has 0 spiro atoms. The van der Waals surface area contributed by atoms with Gasteiger partial charge < -0.3 is 9.88 Å². The number of fused-ring (bicyclic) bond motifs is 3. The summed E-state index contributed by atoms with van der Waals surface area (Å²) in [4.78, 5) is 17.2. The second kappa shape index (κ2) is 7.42. The predicted molar refractivity (Wildman–Crippen MR) is 101 cm³/mol. The molecule has 4 heteroatoms. The summed E-state index contributed by atoms with van der Waals surface area (Å²) in [5.41, 5.74) is 4.35. The molecular formula is C21H27N3O. The van der Waals surface area contributed by atoms with E-state index in [1.807, 2.05) is 12.1 Å². The number of aryl methyl sites for hydroxylation is 2. The van der Waals surface area contributed by atoms with Crippen molar-refractivity contribution in [1.82, 2.24) is 14.9 Å². The van der Waals surface area contributed by atoms with E-state index in [0.29, 0.717) is 0 Å². The van der Waals surface area contributed by atoms with Gasteiger partial charge in [-0.25, -0.2) is 4.98 Å². The van der Waals surface area contributed by atoms with Gasteiger partial charge in [-0.15, -0.1) is 0 Å². The molecule has 0 saturated heterocycles. The number of allylic oxidation sites excluding steroid dienone is 1. The van der Waals surface area contributed by atoms with Crippen LogP contribution < -0.4 is 5.32 Å². The van der Waals surface area contributed by atoms with E-state index in [9.17, 15) is 4.79 Å². The van der Waals surface area contributed by atoms with E-state index in [1.54, 1.807) is 0 Å². The molecule has 1 aliphatic carbocycles. The molecule has 4 nitrogen and oxygen atoms in total. The lowest BCUT2D eigenvalue weighted by Gasteiger charge is -2.13. The number of hydrogen-bond donors (Lipinski definition) is 1. The zero-order chi connectivity index (χ0) is 17.1. The molecule has 1 amide bonds. The first-order valence-corrected chi connectivity index (χ1v) is 9.76. The zero-order valence-electron chi connectivity index (χ0n) is 14.9. The van der Waals surface area contributed by atoms with Gasteiger partial charge in [-0.05, 0) is 63.1 Å². The first kappa shape index (κ1) is 16.4. The Kier molecular flexibility index (Phi) is 4.86. The van der Waals surface area contributed by atoms with Gasteiger partial charge in [-0.3, -0.25) is 4.79 Å². The molecule has 1 aliphatic heterocycles. The monoisotopic (exact) mass is 337 g/mol. The maximum atomic E-state index is 12.5. The Labute approximate surface area is 149 Å². The average molecular weight is 337 g/mol. The van der Waals surface area contributed by atoms with E-state index >= 15 is 0 Å². The summed E-state index contributed by atoms with van der Waals surface area (Å²) in [6, 6.07) is 5.96. The minimum Gasteiger partial charge on any atom is -0.352 e. The highest BCUT2D eigenvalue weighted by atomic mass is 16.1. The zero-order valence-corrected chi connectivity index (χ0v) is 14.9. The molecule has 2 aliphatic rings. The Morgan fingerprint density at radius 1 is 1.12 bits per heavy atom. The highest BCUT2D eigenvalue weighted by Crippen LogP contribution is 2.23.